The Hall–Kier alpha value is -1.10. The van der Waals surface area contributed by atoms with Crippen LogP contribution in [-0.4, -0.2) is 41.9 Å². The molecule has 0 spiro atoms. The molecule has 1 atom stereocenters. The topological polar surface area (TPSA) is 75.4 Å². The van der Waals surface area contributed by atoms with Gasteiger partial charge >= 0.3 is 0 Å². The number of rotatable bonds is 8. The SMILES string of the molecule is CCCCN(CC(N)=O)C(=O)C1(CCC)CCCN1. The van der Waals surface area contributed by atoms with Crippen molar-refractivity contribution < 1.29 is 9.59 Å². The minimum Gasteiger partial charge on any atom is -0.368 e. The lowest BCUT2D eigenvalue weighted by atomic mass is 9.90. The quantitative estimate of drug-likeness (QED) is 0.691. The summed E-state index contributed by atoms with van der Waals surface area (Å²) >= 11 is 0. The Kier molecular flexibility index (Phi) is 6.28. The molecule has 5 heteroatoms. The fourth-order valence-corrected chi connectivity index (χ4v) is 2.83. The lowest BCUT2D eigenvalue weighted by Crippen LogP contribution is -2.56. The highest BCUT2D eigenvalue weighted by atomic mass is 16.2. The van der Waals surface area contributed by atoms with Gasteiger partial charge in [-0.3, -0.25) is 9.59 Å². The smallest absolute Gasteiger partial charge is 0.243 e. The van der Waals surface area contributed by atoms with Crippen molar-refractivity contribution in [3.63, 3.8) is 0 Å². The Morgan fingerprint density at radius 3 is 2.53 bits per heavy atom. The summed E-state index contributed by atoms with van der Waals surface area (Å²) in [5.74, 6) is -0.381. The molecule has 1 fully saturated rings. The summed E-state index contributed by atoms with van der Waals surface area (Å²) in [5.41, 5.74) is 4.81. The molecule has 1 unspecified atom stereocenters. The summed E-state index contributed by atoms with van der Waals surface area (Å²) in [6, 6.07) is 0. The molecule has 0 bridgehead atoms. The highest BCUT2D eigenvalue weighted by Gasteiger charge is 2.42. The Morgan fingerprint density at radius 1 is 1.32 bits per heavy atom. The first kappa shape index (κ1) is 16.0. The third kappa shape index (κ3) is 4.20. The summed E-state index contributed by atoms with van der Waals surface area (Å²) in [6.45, 7) is 5.68. The molecule has 5 nitrogen and oxygen atoms in total. The van der Waals surface area contributed by atoms with Gasteiger partial charge in [0.1, 0.15) is 0 Å². The average molecular weight is 269 g/mol. The van der Waals surface area contributed by atoms with Crippen molar-refractivity contribution in [1.29, 1.82) is 0 Å². The van der Waals surface area contributed by atoms with Gasteiger partial charge in [-0.15, -0.1) is 0 Å². The Balaban J connectivity index is 2.79. The Labute approximate surface area is 115 Å². The number of nitrogens with zero attached hydrogens (tertiary/aromatic N) is 1. The maximum Gasteiger partial charge on any atom is 0.243 e. The molecular weight excluding hydrogens is 242 g/mol. The van der Waals surface area contributed by atoms with Gasteiger partial charge in [-0.25, -0.2) is 0 Å². The van der Waals surface area contributed by atoms with Crippen molar-refractivity contribution >= 4 is 11.8 Å². The molecule has 110 valence electrons. The van der Waals surface area contributed by atoms with Crippen molar-refractivity contribution in [2.24, 2.45) is 5.73 Å². The number of hydrogen-bond acceptors (Lipinski definition) is 3. The van der Waals surface area contributed by atoms with Crippen LogP contribution in [0, 0.1) is 0 Å². The van der Waals surface area contributed by atoms with Crippen LogP contribution in [0.1, 0.15) is 52.4 Å². The minimum absolute atomic E-state index is 0.0337. The molecule has 0 aliphatic carbocycles. The molecular formula is C14H27N3O2. The van der Waals surface area contributed by atoms with Crippen molar-refractivity contribution in [2.75, 3.05) is 19.6 Å². The van der Waals surface area contributed by atoms with Gasteiger partial charge in [0.15, 0.2) is 0 Å². The number of unbranched alkanes of at least 4 members (excludes halogenated alkanes) is 1. The van der Waals surface area contributed by atoms with Crippen molar-refractivity contribution in [3.05, 3.63) is 0 Å². The summed E-state index contributed by atoms with van der Waals surface area (Å²) in [5, 5.41) is 3.36. The van der Waals surface area contributed by atoms with Gasteiger partial charge in [-0.2, -0.15) is 0 Å². The summed E-state index contributed by atoms with van der Waals surface area (Å²) in [6.07, 6.45) is 5.56. The molecule has 0 radical (unpaired) electrons. The third-order valence-electron chi connectivity index (χ3n) is 3.75. The third-order valence-corrected chi connectivity index (χ3v) is 3.75. The van der Waals surface area contributed by atoms with E-state index in [4.69, 9.17) is 5.73 Å². The molecule has 2 amide bonds. The van der Waals surface area contributed by atoms with E-state index in [0.717, 1.165) is 45.1 Å². The number of carbonyl (C=O) groups is 2. The molecule has 1 heterocycles. The molecule has 1 rings (SSSR count). The molecule has 1 aliphatic rings. The van der Waals surface area contributed by atoms with E-state index in [2.05, 4.69) is 19.2 Å². The number of carbonyl (C=O) groups excluding carboxylic acids is 2. The van der Waals surface area contributed by atoms with Gasteiger partial charge in [0.25, 0.3) is 0 Å². The predicted octanol–water partition coefficient (Wildman–Crippen LogP) is 1.02. The summed E-state index contributed by atoms with van der Waals surface area (Å²) < 4.78 is 0. The Morgan fingerprint density at radius 2 is 2.05 bits per heavy atom. The van der Waals surface area contributed by atoms with Crippen LogP contribution in [0.25, 0.3) is 0 Å². The van der Waals surface area contributed by atoms with E-state index < -0.39 is 11.4 Å². The zero-order chi connectivity index (χ0) is 14.3. The molecule has 3 N–H and O–H groups in total. The lowest BCUT2D eigenvalue weighted by molar-refractivity contribution is -0.141. The number of nitrogens with one attached hydrogen (secondary N) is 1. The summed E-state index contributed by atoms with van der Waals surface area (Å²) in [4.78, 5) is 25.6. The van der Waals surface area contributed by atoms with Crippen LogP contribution in [0.2, 0.25) is 0 Å². The van der Waals surface area contributed by atoms with Crippen molar-refractivity contribution in [2.45, 2.75) is 57.9 Å². The van der Waals surface area contributed by atoms with E-state index in [1.54, 1.807) is 4.90 Å². The second-order valence-corrected chi connectivity index (χ2v) is 5.41. The van der Waals surface area contributed by atoms with Crippen LogP contribution in [0.5, 0.6) is 0 Å². The standard InChI is InChI=1S/C14H27N3O2/c1-3-5-10-17(11-12(15)18)13(19)14(7-4-2)8-6-9-16-14/h16H,3-11H2,1-2H3,(H2,15,18). The van der Waals surface area contributed by atoms with Crippen LogP contribution in [0.3, 0.4) is 0 Å². The maximum absolute atomic E-state index is 12.8. The second-order valence-electron chi connectivity index (χ2n) is 5.41. The van der Waals surface area contributed by atoms with Crippen LogP contribution in [0.15, 0.2) is 0 Å². The first-order valence-corrected chi connectivity index (χ1v) is 7.38. The average Bonchev–Trinajstić information content (AvgIpc) is 2.83. The zero-order valence-electron chi connectivity index (χ0n) is 12.2. The molecule has 1 aliphatic heterocycles. The van der Waals surface area contributed by atoms with Crippen LogP contribution >= 0.6 is 0 Å². The van der Waals surface area contributed by atoms with Gasteiger partial charge in [0.05, 0.1) is 12.1 Å². The predicted molar refractivity (Wildman–Crippen MR) is 75.6 cm³/mol. The Bertz CT molecular complexity index is 312. The van der Waals surface area contributed by atoms with Gasteiger partial charge in [0.2, 0.25) is 11.8 Å². The second kappa shape index (κ2) is 7.48. The van der Waals surface area contributed by atoms with Crippen LogP contribution in [0.4, 0.5) is 0 Å². The monoisotopic (exact) mass is 269 g/mol. The largest absolute Gasteiger partial charge is 0.368 e. The highest BCUT2D eigenvalue weighted by molar-refractivity contribution is 5.90. The van der Waals surface area contributed by atoms with Crippen molar-refractivity contribution in [3.8, 4) is 0 Å². The number of primary amides is 1. The van der Waals surface area contributed by atoms with E-state index in [1.165, 1.54) is 0 Å². The fourth-order valence-electron chi connectivity index (χ4n) is 2.83. The van der Waals surface area contributed by atoms with E-state index in [1.807, 2.05) is 0 Å². The van der Waals surface area contributed by atoms with Crippen LogP contribution < -0.4 is 11.1 Å². The van der Waals surface area contributed by atoms with Gasteiger partial charge in [0, 0.05) is 6.54 Å². The maximum atomic E-state index is 12.8. The summed E-state index contributed by atoms with van der Waals surface area (Å²) in [7, 11) is 0. The number of hydrogen-bond donors (Lipinski definition) is 2. The van der Waals surface area contributed by atoms with Gasteiger partial charge in [-0.1, -0.05) is 26.7 Å². The van der Waals surface area contributed by atoms with E-state index in [9.17, 15) is 9.59 Å². The zero-order valence-corrected chi connectivity index (χ0v) is 12.2. The fraction of sp³-hybridized carbons (Fsp3) is 0.857. The van der Waals surface area contributed by atoms with Gasteiger partial charge in [-0.05, 0) is 32.2 Å². The lowest BCUT2D eigenvalue weighted by Gasteiger charge is -2.34. The van der Waals surface area contributed by atoms with Gasteiger partial charge < -0.3 is 16.0 Å². The number of amides is 2. The van der Waals surface area contributed by atoms with Crippen LogP contribution in [-0.2, 0) is 9.59 Å². The highest BCUT2D eigenvalue weighted by Crippen LogP contribution is 2.27. The van der Waals surface area contributed by atoms with Crippen molar-refractivity contribution in [1.82, 2.24) is 10.2 Å². The molecule has 0 aromatic carbocycles. The minimum atomic E-state index is -0.460. The molecule has 19 heavy (non-hydrogen) atoms. The van der Waals surface area contributed by atoms with E-state index >= 15 is 0 Å². The first-order chi connectivity index (χ1) is 9.05. The molecule has 1 saturated heterocycles. The van der Waals surface area contributed by atoms with E-state index in [0.29, 0.717) is 6.54 Å². The van der Waals surface area contributed by atoms with E-state index in [-0.39, 0.29) is 12.5 Å². The number of nitrogens with two attached hydrogens (primary N) is 1. The normalized spacial score (nSPS) is 22.4. The molecule has 0 aromatic rings. The first-order valence-electron chi connectivity index (χ1n) is 7.38. The molecule has 0 aromatic heterocycles. The molecule has 0 saturated carbocycles.